The molecule has 0 fully saturated rings. The van der Waals surface area contributed by atoms with E-state index in [4.69, 9.17) is 0 Å². The van der Waals surface area contributed by atoms with Gasteiger partial charge in [0.1, 0.15) is 5.82 Å². The van der Waals surface area contributed by atoms with Gasteiger partial charge in [-0.25, -0.2) is 4.39 Å². The molecule has 0 aliphatic carbocycles. The highest BCUT2D eigenvalue weighted by Gasteiger charge is 2.14. The van der Waals surface area contributed by atoms with Gasteiger partial charge in [-0.05, 0) is 50.2 Å². The quantitative estimate of drug-likeness (QED) is 0.872. The predicted octanol–water partition coefficient (Wildman–Crippen LogP) is 3.81. The molecule has 0 spiro atoms. The van der Waals surface area contributed by atoms with Crippen molar-refractivity contribution in [3.63, 3.8) is 0 Å². The molecule has 90 valence electrons. The Morgan fingerprint density at radius 1 is 1.18 bits per heavy atom. The first-order chi connectivity index (χ1) is 8.11. The summed E-state index contributed by atoms with van der Waals surface area (Å²) in [7, 11) is 1.90. The second-order valence-corrected chi connectivity index (χ2v) is 5.50. The molecule has 1 heterocycles. The maximum Gasteiger partial charge on any atom is 0.126 e. The summed E-state index contributed by atoms with van der Waals surface area (Å²) in [6.45, 7) is 3.86. The van der Waals surface area contributed by atoms with Gasteiger partial charge in [0.25, 0.3) is 0 Å². The van der Waals surface area contributed by atoms with E-state index >= 15 is 0 Å². The summed E-state index contributed by atoms with van der Waals surface area (Å²) >= 11 is 1.74. The van der Waals surface area contributed by atoms with Crippen molar-refractivity contribution in [2.45, 2.75) is 19.9 Å². The average molecular weight is 249 g/mol. The molecule has 17 heavy (non-hydrogen) atoms. The van der Waals surface area contributed by atoms with Crippen molar-refractivity contribution < 1.29 is 4.39 Å². The average Bonchev–Trinajstić information content (AvgIpc) is 2.71. The van der Waals surface area contributed by atoms with Crippen LogP contribution in [0.15, 0.2) is 30.3 Å². The molecule has 0 saturated heterocycles. The molecule has 2 aromatic rings. The van der Waals surface area contributed by atoms with E-state index < -0.39 is 0 Å². The van der Waals surface area contributed by atoms with Gasteiger partial charge in [0, 0.05) is 9.75 Å². The van der Waals surface area contributed by atoms with Crippen LogP contribution in [0.3, 0.4) is 0 Å². The predicted molar refractivity (Wildman–Crippen MR) is 71.1 cm³/mol. The number of halogens is 1. The summed E-state index contributed by atoms with van der Waals surface area (Å²) < 4.78 is 13.6. The summed E-state index contributed by atoms with van der Waals surface area (Å²) in [5.74, 6) is -0.143. The lowest BCUT2D eigenvalue weighted by molar-refractivity contribution is 0.609. The molecule has 0 radical (unpaired) electrons. The smallest absolute Gasteiger partial charge is 0.126 e. The van der Waals surface area contributed by atoms with E-state index in [0.29, 0.717) is 5.56 Å². The molecular weight excluding hydrogens is 233 g/mol. The Hall–Kier alpha value is -1.19. The Morgan fingerprint density at radius 3 is 2.47 bits per heavy atom. The minimum absolute atomic E-state index is 0.0730. The standard InChI is InChI=1S/C14H16FNS/c1-9-4-6-11(8-12(9)15)14(16-3)13-7-5-10(2)17-13/h4-8,14,16H,1-3H3. The van der Waals surface area contributed by atoms with Gasteiger partial charge in [-0.3, -0.25) is 0 Å². The van der Waals surface area contributed by atoms with E-state index in [2.05, 4.69) is 24.4 Å². The summed E-state index contributed by atoms with van der Waals surface area (Å²) in [4.78, 5) is 2.49. The number of nitrogens with one attached hydrogen (secondary N) is 1. The van der Waals surface area contributed by atoms with Crippen molar-refractivity contribution in [1.82, 2.24) is 5.32 Å². The Labute approximate surface area is 105 Å². The maximum absolute atomic E-state index is 13.6. The Morgan fingerprint density at radius 2 is 1.94 bits per heavy atom. The van der Waals surface area contributed by atoms with Crippen LogP contribution in [0.1, 0.15) is 26.9 Å². The van der Waals surface area contributed by atoms with E-state index in [1.165, 1.54) is 9.75 Å². The van der Waals surface area contributed by atoms with Gasteiger partial charge >= 0.3 is 0 Å². The first-order valence-corrected chi connectivity index (χ1v) is 6.43. The summed E-state index contributed by atoms with van der Waals surface area (Å²) in [6.07, 6.45) is 0. The molecule has 3 heteroatoms. The van der Waals surface area contributed by atoms with E-state index in [-0.39, 0.29) is 11.9 Å². The lowest BCUT2D eigenvalue weighted by Gasteiger charge is -2.15. The number of thiophene rings is 1. The van der Waals surface area contributed by atoms with Crippen LogP contribution in [-0.4, -0.2) is 7.05 Å². The van der Waals surface area contributed by atoms with Crippen molar-refractivity contribution in [3.8, 4) is 0 Å². The maximum atomic E-state index is 13.6. The van der Waals surface area contributed by atoms with Crippen LogP contribution in [0.4, 0.5) is 4.39 Å². The Kier molecular flexibility index (Phi) is 3.60. The van der Waals surface area contributed by atoms with Crippen molar-refractivity contribution in [1.29, 1.82) is 0 Å². The van der Waals surface area contributed by atoms with Crippen LogP contribution in [0.2, 0.25) is 0 Å². The van der Waals surface area contributed by atoms with Crippen LogP contribution in [-0.2, 0) is 0 Å². The molecule has 0 aliphatic rings. The van der Waals surface area contributed by atoms with E-state index in [0.717, 1.165) is 5.56 Å². The Bertz CT molecular complexity index is 519. The van der Waals surface area contributed by atoms with Crippen LogP contribution in [0, 0.1) is 19.7 Å². The number of rotatable bonds is 3. The topological polar surface area (TPSA) is 12.0 Å². The minimum Gasteiger partial charge on any atom is -0.309 e. The zero-order chi connectivity index (χ0) is 12.4. The van der Waals surface area contributed by atoms with Gasteiger partial charge in [-0.15, -0.1) is 11.3 Å². The fourth-order valence-electron chi connectivity index (χ4n) is 1.87. The van der Waals surface area contributed by atoms with Gasteiger partial charge in [0.05, 0.1) is 6.04 Å². The van der Waals surface area contributed by atoms with Crippen molar-refractivity contribution in [3.05, 3.63) is 57.0 Å². The molecule has 1 N–H and O–H groups in total. The van der Waals surface area contributed by atoms with Gasteiger partial charge in [0.2, 0.25) is 0 Å². The molecule has 0 saturated carbocycles. The molecular formula is C14H16FNS. The summed E-state index contributed by atoms with van der Waals surface area (Å²) in [6, 6.07) is 9.69. The Balaban J connectivity index is 2.38. The SMILES string of the molecule is CNC(c1ccc(C)c(F)c1)c1ccc(C)s1. The van der Waals surface area contributed by atoms with Crippen LogP contribution in [0.25, 0.3) is 0 Å². The molecule has 1 aromatic heterocycles. The third kappa shape index (κ3) is 2.56. The van der Waals surface area contributed by atoms with Crippen molar-refractivity contribution in [2.24, 2.45) is 0 Å². The number of hydrogen-bond acceptors (Lipinski definition) is 2. The lowest BCUT2D eigenvalue weighted by Crippen LogP contribution is -2.16. The molecule has 1 aromatic carbocycles. The largest absolute Gasteiger partial charge is 0.309 e. The van der Waals surface area contributed by atoms with Gasteiger partial charge in [-0.2, -0.15) is 0 Å². The monoisotopic (exact) mass is 249 g/mol. The van der Waals surface area contributed by atoms with Crippen LogP contribution in [0.5, 0.6) is 0 Å². The van der Waals surface area contributed by atoms with E-state index in [9.17, 15) is 4.39 Å². The normalized spacial score (nSPS) is 12.7. The molecule has 1 nitrogen and oxygen atoms in total. The summed E-state index contributed by atoms with van der Waals surface area (Å²) in [5.41, 5.74) is 1.66. The van der Waals surface area contributed by atoms with Crippen LogP contribution < -0.4 is 5.32 Å². The first-order valence-electron chi connectivity index (χ1n) is 5.61. The number of benzene rings is 1. The number of hydrogen-bond donors (Lipinski definition) is 1. The van der Waals surface area contributed by atoms with Gasteiger partial charge < -0.3 is 5.32 Å². The fourth-order valence-corrected chi connectivity index (χ4v) is 2.89. The zero-order valence-electron chi connectivity index (χ0n) is 10.3. The highest BCUT2D eigenvalue weighted by molar-refractivity contribution is 7.12. The first kappa shape index (κ1) is 12.3. The van der Waals surface area contributed by atoms with E-state index in [1.54, 1.807) is 24.3 Å². The highest BCUT2D eigenvalue weighted by atomic mass is 32.1. The third-order valence-electron chi connectivity index (χ3n) is 2.86. The molecule has 0 amide bonds. The lowest BCUT2D eigenvalue weighted by atomic mass is 10.0. The van der Waals surface area contributed by atoms with Gasteiger partial charge in [-0.1, -0.05) is 12.1 Å². The fraction of sp³-hybridized carbons (Fsp3) is 0.286. The highest BCUT2D eigenvalue weighted by Crippen LogP contribution is 2.28. The second-order valence-electron chi connectivity index (χ2n) is 4.18. The summed E-state index contributed by atoms with van der Waals surface area (Å²) in [5, 5.41) is 3.24. The van der Waals surface area contributed by atoms with Gasteiger partial charge in [0.15, 0.2) is 0 Å². The number of aryl methyl sites for hydroxylation is 2. The van der Waals surface area contributed by atoms with Crippen molar-refractivity contribution in [2.75, 3.05) is 7.05 Å². The molecule has 0 aliphatic heterocycles. The van der Waals surface area contributed by atoms with Crippen LogP contribution >= 0.6 is 11.3 Å². The molecule has 1 unspecified atom stereocenters. The molecule has 0 bridgehead atoms. The van der Waals surface area contributed by atoms with E-state index in [1.807, 2.05) is 19.2 Å². The molecule has 2 rings (SSSR count). The second kappa shape index (κ2) is 4.98. The third-order valence-corrected chi connectivity index (χ3v) is 3.93. The molecule has 1 atom stereocenters. The minimum atomic E-state index is -0.143. The van der Waals surface area contributed by atoms with Crippen molar-refractivity contribution >= 4 is 11.3 Å². The zero-order valence-corrected chi connectivity index (χ0v) is 11.1.